The molecule has 2 N–H and O–H groups in total. The summed E-state index contributed by atoms with van der Waals surface area (Å²) < 4.78 is 7.11. The summed E-state index contributed by atoms with van der Waals surface area (Å²) in [5.74, 6) is 6.59. The molecule has 0 saturated heterocycles. The lowest BCUT2D eigenvalue weighted by Gasteiger charge is -2.26. The molecule has 27 heavy (non-hydrogen) atoms. The van der Waals surface area contributed by atoms with Crippen LogP contribution in [0.1, 0.15) is 26.5 Å². The van der Waals surface area contributed by atoms with Gasteiger partial charge in [-0.25, -0.2) is 25.6 Å². The number of ether oxygens (including phenoxy) is 1. The van der Waals surface area contributed by atoms with Crippen LogP contribution in [-0.2, 0) is 4.74 Å². The molecule has 0 aliphatic carbocycles. The Hall–Kier alpha value is -2.35. The Kier molecular flexibility index (Phi) is 5.03. The highest BCUT2D eigenvalue weighted by molar-refractivity contribution is 6.36. The minimum Gasteiger partial charge on any atom is -0.442 e. The lowest BCUT2D eigenvalue weighted by atomic mass is 10.1. The number of nitrogens with two attached hydrogens (primary N) is 1. The van der Waals surface area contributed by atoms with Gasteiger partial charge in [-0.3, -0.25) is 4.40 Å². The number of halogens is 2. The predicted molar refractivity (Wildman–Crippen MR) is 106 cm³/mol. The van der Waals surface area contributed by atoms with Crippen molar-refractivity contribution in [1.82, 2.24) is 14.4 Å². The molecule has 3 rings (SSSR count). The number of benzene rings is 1. The van der Waals surface area contributed by atoms with E-state index in [4.69, 9.17) is 33.8 Å². The van der Waals surface area contributed by atoms with Crippen molar-refractivity contribution < 1.29 is 9.53 Å². The van der Waals surface area contributed by atoms with E-state index < -0.39 is 11.7 Å². The van der Waals surface area contributed by atoms with Crippen LogP contribution in [0.3, 0.4) is 0 Å². The first kappa shape index (κ1) is 19.4. The summed E-state index contributed by atoms with van der Waals surface area (Å²) in [7, 11) is 0. The number of imidazole rings is 1. The van der Waals surface area contributed by atoms with E-state index in [1.54, 1.807) is 62.7 Å². The maximum atomic E-state index is 12.6. The molecule has 0 atom stereocenters. The fourth-order valence-electron chi connectivity index (χ4n) is 2.67. The second-order valence-corrected chi connectivity index (χ2v) is 7.81. The van der Waals surface area contributed by atoms with Gasteiger partial charge in [0, 0.05) is 23.0 Å². The van der Waals surface area contributed by atoms with Crippen molar-refractivity contribution in [3.63, 3.8) is 0 Å². The van der Waals surface area contributed by atoms with Crippen LogP contribution >= 0.6 is 23.2 Å². The number of rotatable bonds is 2. The molecule has 1 aromatic carbocycles. The first-order valence-electron chi connectivity index (χ1n) is 8.15. The SMILES string of the molecule is Cc1nc2nccn2c(-c2ccc(Cl)cc2Cl)c1N(N)C(=O)OC(C)(C)C. The maximum absolute atomic E-state index is 12.6. The monoisotopic (exact) mass is 407 g/mol. The molecule has 0 fully saturated rings. The molecular weight excluding hydrogens is 389 g/mol. The summed E-state index contributed by atoms with van der Waals surface area (Å²) >= 11 is 12.5. The van der Waals surface area contributed by atoms with Crippen molar-refractivity contribution in [1.29, 1.82) is 0 Å². The van der Waals surface area contributed by atoms with E-state index in [0.717, 1.165) is 5.01 Å². The Labute approximate surface area is 166 Å². The van der Waals surface area contributed by atoms with E-state index in [9.17, 15) is 4.79 Å². The van der Waals surface area contributed by atoms with Crippen molar-refractivity contribution in [2.75, 3.05) is 5.01 Å². The zero-order valence-electron chi connectivity index (χ0n) is 15.3. The molecule has 7 nitrogen and oxygen atoms in total. The molecule has 1 amide bonds. The second kappa shape index (κ2) is 6.99. The first-order valence-corrected chi connectivity index (χ1v) is 8.91. The number of aromatic nitrogens is 3. The summed E-state index contributed by atoms with van der Waals surface area (Å²) in [6.45, 7) is 7.03. The van der Waals surface area contributed by atoms with Gasteiger partial charge < -0.3 is 4.74 Å². The number of hydrazine groups is 1. The van der Waals surface area contributed by atoms with Gasteiger partial charge in [0.15, 0.2) is 0 Å². The summed E-state index contributed by atoms with van der Waals surface area (Å²) in [6.07, 6.45) is 2.61. The van der Waals surface area contributed by atoms with Crippen LogP contribution in [0.5, 0.6) is 0 Å². The smallest absolute Gasteiger partial charge is 0.429 e. The minimum absolute atomic E-state index is 0.360. The molecule has 2 heterocycles. The van der Waals surface area contributed by atoms with Crippen LogP contribution in [-0.4, -0.2) is 26.1 Å². The quantitative estimate of drug-likeness (QED) is 0.380. The van der Waals surface area contributed by atoms with Crippen LogP contribution in [0.2, 0.25) is 10.0 Å². The zero-order chi connectivity index (χ0) is 19.9. The summed E-state index contributed by atoms with van der Waals surface area (Å²) in [4.78, 5) is 21.2. The Balaban J connectivity index is 2.26. The number of hydrogen-bond donors (Lipinski definition) is 1. The van der Waals surface area contributed by atoms with Crippen molar-refractivity contribution in [2.24, 2.45) is 5.84 Å². The average Bonchev–Trinajstić information content (AvgIpc) is 2.99. The van der Waals surface area contributed by atoms with Crippen LogP contribution < -0.4 is 10.9 Å². The van der Waals surface area contributed by atoms with Gasteiger partial charge in [0.1, 0.15) is 11.3 Å². The van der Waals surface area contributed by atoms with Crippen molar-refractivity contribution in [3.05, 3.63) is 46.3 Å². The molecule has 0 radical (unpaired) electrons. The average molecular weight is 408 g/mol. The van der Waals surface area contributed by atoms with Gasteiger partial charge in [-0.15, -0.1) is 0 Å². The number of nitrogens with zero attached hydrogens (tertiary/aromatic N) is 4. The Morgan fingerprint density at radius 3 is 2.63 bits per heavy atom. The number of fused-ring (bicyclic) bond motifs is 1. The molecule has 0 aliphatic rings. The highest BCUT2D eigenvalue weighted by Crippen LogP contribution is 2.38. The van der Waals surface area contributed by atoms with Gasteiger partial charge in [-0.1, -0.05) is 23.2 Å². The highest BCUT2D eigenvalue weighted by atomic mass is 35.5. The van der Waals surface area contributed by atoms with Crippen LogP contribution in [0, 0.1) is 6.92 Å². The number of anilines is 1. The fourth-order valence-corrected chi connectivity index (χ4v) is 3.17. The molecular formula is C18H19Cl2N5O2. The normalized spacial score (nSPS) is 11.7. The standard InChI is InChI=1S/C18H19Cl2N5O2/c1-10-14(25(21)17(26)27-18(2,3)4)15(24-8-7-22-16(24)23-10)12-6-5-11(19)9-13(12)20/h5-9H,21H2,1-4H3. The number of amides is 1. The highest BCUT2D eigenvalue weighted by Gasteiger charge is 2.27. The number of carbonyl (C=O) groups excluding carboxylic acids is 1. The van der Waals surface area contributed by atoms with Crippen molar-refractivity contribution >= 4 is 40.8 Å². The van der Waals surface area contributed by atoms with Gasteiger partial charge in [-0.2, -0.15) is 0 Å². The lowest BCUT2D eigenvalue weighted by molar-refractivity contribution is 0.0579. The summed E-state index contributed by atoms with van der Waals surface area (Å²) in [5, 5.41) is 1.84. The van der Waals surface area contributed by atoms with E-state index >= 15 is 0 Å². The van der Waals surface area contributed by atoms with E-state index in [1.165, 1.54) is 0 Å². The van der Waals surface area contributed by atoms with Crippen LogP contribution in [0.15, 0.2) is 30.6 Å². The molecule has 0 bridgehead atoms. The number of carbonyl (C=O) groups is 1. The van der Waals surface area contributed by atoms with Crippen LogP contribution in [0.25, 0.3) is 17.0 Å². The maximum Gasteiger partial charge on any atom is 0.429 e. The third-order valence-electron chi connectivity index (χ3n) is 3.71. The first-order chi connectivity index (χ1) is 12.6. The molecule has 0 spiro atoms. The summed E-state index contributed by atoms with van der Waals surface area (Å²) in [6, 6.07) is 5.08. The zero-order valence-corrected chi connectivity index (χ0v) is 16.8. The van der Waals surface area contributed by atoms with Gasteiger partial charge in [0.05, 0.1) is 16.4 Å². The predicted octanol–water partition coefficient (Wildman–Crippen LogP) is 4.63. The van der Waals surface area contributed by atoms with Gasteiger partial charge in [0.25, 0.3) is 0 Å². The lowest BCUT2D eigenvalue weighted by Crippen LogP contribution is -2.42. The third-order valence-corrected chi connectivity index (χ3v) is 4.26. The molecule has 142 valence electrons. The Morgan fingerprint density at radius 1 is 1.30 bits per heavy atom. The molecule has 0 unspecified atom stereocenters. The van der Waals surface area contributed by atoms with Crippen molar-refractivity contribution in [2.45, 2.75) is 33.3 Å². The molecule has 2 aromatic heterocycles. The third kappa shape index (κ3) is 3.85. The number of aryl methyl sites for hydroxylation is 1. The Morgan fingerprint density at radius 2 is 2.00 bits per heavy atom. The second-order valence-electron chi connectivity index (χ2n) is 6.97. The number of hydrogen-bond acceptors (Lipinski definition) is 5. The molecule has 9 heteroatoms. The van der Waals surface area contributed by atoms with Gasteiger partial charge in [-0.05, 0) is 45.9 Å². The van der Waals surface area contributed by atoms with E-state index in [2.05, 4.69) is 9.97 Å². The van der Waals surface area contributed by atoms with Crippen LogP contribution in [0.4, 0.5) is 10.5 Å². The van der Waals surface area contributed by atoms with Gasteiger partial charge >= 0.3 is 6.09 Å². The van der Waals surface area contributed by atoms with Gasteiger partial charge in [0.2, 0.25) is 5.78 Å². The molecule has 3 aromatic rings. The largest absolute Gasteiger partial charge is 0.442 e. The topological polar surface area (TPSA) is 85.8 Å². The summed E-state index contributed by atoms with van der Waals surface area (Å²) in [5.41, 5.74) is 1.35. The van der Waals surface area contributed by atoms with E-state index in [0.29, 0.717) is 38.5 Å². The Bertz CT molecular complexity index is 1030. The molecule has 0 saturated carbocycles. The minimum atomic E-state index is -0.710. The van der Waals surface area contributed by atoms with E-state index in [-0.39, 0.29) is 0 Å². The van der Waals surface area contributed by atoms with Crippen molar-refractivity contribution in [3.8, 4) is 11.3 Å². The fraction of sp³-hybridized carbons (Fsp3) is 0.278. The van der Waals surface area contributed by atoms with E-state index in [1.807, 2.05) is 0 Å². The molecule has 0 aliphatic heterocycles.